The lowest BCUT2D eigenvalue weighted by Gasteiger charge is -2.03. The Morgan fingerprint density at radius 1 is 1.40 bits per heavy atom. The molecule has 1 aromatic heterocycles. The third kappa shape index (κ3) is 2.78. The summed E-state index contributed by atoms with van der Waals surface area (Å²) in [5.41, 5.74) is 0.813. The molecule has 1 rings (SSSR count). The summed E-state index contributed by atoms with van der Waals surface area (Å²) < 4.78 is 1.71. The predicted molar refractivity (Wildman–Crippen MR) is 55.9 cm³/mol. The minimum absolute atomic E-state index is 0.0917. The first-order valence-electron chi connectivity index (χ1n) is 5.36. The van der Waals surface area contributed by atoms with Crippen molar-refractivity contribution >= 4 is 5.97 Å². The van der Waals surface area contributed by atoms with Crippen LogP contribution < -0.4 is 0 Å². The second-order valence-electron chi connectivity index (χ2n) is 3.47. The van der Waals surface area contributed by atoms with Gasteiger partial charge in [0.2, 0.25) is 0 Å². The van der Waals surface area contributed by atoms with Crippen LogP contribution in [0.25, 0.3) is 0 Å². The summed E-state index contributed by atoms with van der Waals surface area (Å²) in [5.74, 6) is -0.992. The maximum absolute atomic E-state index is 10.8. The Labute approximate surface area is 89.1 Å². The maximum atomic E-state index is 10.8. The number of carboxylic acids is 1. The van der Waals surface area contributed by atoms with Gasteiger partial charge in [-0.05, 0) is 12.8 Å². The van der Waals surface area contributed by atoms with E-state index < -0.39 is 5.97 Å². The molecule has 0 aliphatic carbocycles. The average molecular weight is 211 g/mol. The van der Waals surface area contributed by atoms with E-state index in [0.29, 0.717) is 6.42 Å². The van der Waals surface area contributed by atoms with Gasteiger partial charge in [-0.15, -0.1) is 5.10 Å². The molecule has 0 atom stereocenters. The van der Waals surface area contributed by atoms with E-state index in [2.05, 4.69) is 17.2 Å². The SMILES string of the molecule is CCCCCn1nnc(C(=O)O)c1CC. The first-order valence-corrected chi connectivity index (χ1v) is 5.36. The average Bonchev–Trinajstić information content (AvgIpc) is 2.61. The molecular formula is C10H17N3O2. The quantitative estimate of drug-likeness (QED) is 0.727. The fourth-order valence-electron chi connectivity index (χ4n) is 1.54. The van der Waals surface area contributed by atoms with E-state index in [-0.39, 0.29) is 5.69 Å². The number of rotatable bonds is 6. The van der Waals surface area contributed by atoms with Crippen molar-refractivity contribution in [3.63, 3.8) is 0 Å². The van der Waals surface area contributed by atoms with Crippen LogP contribution >= 0.6 is 0 Å². The smallest absolute Gasteiger partial charge is 0.358 e. The van der Waals surface area contributed by atoms with Crippen molar-refractivity contribution in [1.82, 2.24) is 15.0 Å². The molecule has 1 N–H and O–H groups in total. The van der Waals surface area contributed by atoms with E-state index in [0.717, 1.165) is 31.5 Å². The highest BCUT2D eigenvalue weighted by atomic mass is 16.4. The van der Waals surface area contributed by atoms with Crippen LogP contribution in [0.5, 0.6) is 0 Å². The molecule has 5 heteroatoms. The standard InChI is InChI=1S/C10H17N3O2/c1-3-5-6-7-13-8(4-2)9(10(14)15)11-12-13/h3-7H2,1-2H3,(H,14,15). The van der Waals surface area contributed by atoms with Gasteiger partial charge in [-0.2, -0.15) is 0 Å². The second kappa shape index (κ2) is 5.48. The molecule has 1 heterocycles. The molecule has 0 aliphatic rings. The molecule has 0 aliphatic heterocycles. The van der Waals surface area contributed by atoms with Gasteiger partial charge in [-0.25, -0.2) is 9.48 Å². The van der Waals surface area contributed by atoms with Gasteiger partial charge in [-0.1, -0.05) is 31.9 Å². The molecule has 0 saturated heterocycles. The fourth-order valence-corrected chi connectivity index (χ4v) is 1.54. The first-order chi connectivity index (χ1) is 7.20. The highest BCUT2D eigenvalue weighted by Gasteiger charge is 2.16. The number of nitrogens with zero attached hydrogens (tertiary/aromatic N) is 3. The molecule has 0 saturated carbocycles. The van der Waals surface area contributed by atoms with Gasteiger partial charge in [0.15, 0.2) is 5.69 Å². The summed E-state index contributed by atoms with van der Waals surface area (Å²) in [6, 6.07) is 0. The molecule has 0 bridgehead atoms. The molecule has 0 fully saturated rings. The summed E-state index contributed by atoms with van der Waals surface area (Å²) in [5, 5.41) is 16.4. The zero-order chi connectivity index (χ0) is 11.3. The summed E-state index contributed by atoms with van der Waals surface area (Å²) in [6.45, 7) is 4.81. The summed E-state index contributed by atoms with van der Waals surface area (Å²) in [6.07, 6.45) is 3.94. The molecule has 0 spiro atoms. The van der Waals surface area contributed by atoms with E-state index in [9.17, 15) is 4.79 Å². The fraction of sp³-hybridized carbons (Fsp3) is 0.700. The number of carbonyl (C=O) groups is 1. The summed E-state index contributed by atoms with van der Waals surface area (Å²) >= 11 is 0. The molecule has 0 radical (unpaired) electrons. The van der Waals surface area contributed by atoms with Gasteiger partial charge in [0.1, 0.15) is 0 Å². The highest BCUT2D eigenvalue weighted by Crippen LogP contribution is 2.08. The van der Waals surface area contributed by atoms with Gasteiger partial charge in [-0.3, -0.25) is 0 Å². The predicted octanol–water partition coefficient (Wildman–Crippen LogP) is 1.73. The minimum atomic E-state index is -0.992. The molecule has 5 nitrogen and oxygen atoms in total. The van der Waals surface area contributed by atoms with Crippen molar-refractivity contribution in [1.29, 1.82) is 0 Å². The van der Waals surface area contributed by atoms with Crippen LogP contribution in [-0.4, -0.2) is 26.1 Å². The van der Waals surface area contributed by atoms with Crippen molar-refractivity contribution in [3.8, 4) is 0 Å². The normalized spacial score (nSPS) is 10.5. The van der Waals surface area contributed by atoms with Gasteiger partial charge in [0.05, 0.1) is 5.69 Å². The van der Waals surface area contributed by atoms with Crippen LogP contribution in [0.3, 0.4) is 0 Å². The number of aromatic nitrogens is 3. The maximum Gasteiger partial charge on any atom is 0.358 e. The summed E-state index contributed by atoms with van der Waals surface area (Å²) in [4.78, 5) is 10.8. The Hall–Kier alpha value is -1.39. The minimum Gasteiger partial charge on any atom is -0.476 e. The number of aromatic carboxylic acids is 1. The number of hydrogen-bond acceptors (Lipinski definition) is 3. The molecule has 0 aromatic carbocycles. The number of unbranched alkanes of at least 4 members (excludes halogenated alkanes) is 2. The number of aryl methyl sites for hydroxylation is 1. The van der Waals surface area contributed by atoms with E-state index in [4.69, 9.17) is 5.11 Å². The Morgan fingerprint density at radius 2 is 2.13 bits per heavy atom. The van der Waals surface area contributed by atoms with Gasteiger partial charge < -0.3 is 5.11 Å². The molecule has 0 unspecified atom stereocenters. The number of hydrogen-bond donors (Lipinski definition) is 1. The van der Waals surface area contributed by atoms with Crippen LogP contribution in [0.15, 0.2) is 0 Å². The highest BCUT2D eigenvalue weighted by molar-refractivity contribution is 5.86. The zero-order valence-electron chi connectivity index (χ0n) is 9.23. The lowest BCUT2D eigenvalue weighted by Crippen LogP contribution is -2.07. The van der Waals surface area contributed by atoms with E-state index in [1.54, 1.807) is 4.68 Å². The molecule has 84 valence electrons. The Kier molecular flexibility index (Phi) is 4.27. The zero-order valence-corrected chi connectivity index (χ0v) is 9.23. The van der Waals surface area contributed by atoms with Crippen molar-refractivity contribution in [3.05, 3.63) is 11.4 Å². The first kappa shape index (κ1) is 11.7. The van der Waals surface area contributed by atoms with Gasteiger partial charge >= 0.3 is 5.97 Å². The largest absolute Gasteiger partial charge is 0.476 e. The second-order valence-corrected chi connectivity index (χ2v) is 3.47. The van der Waals surface area contributed by atoms with Crippen LogP contribution in [0, 0.1) is 0 Å². The van der Waals surface area contributed by atoms with E-state index in [1.165, 1.54) is 0 Å². The van der Waals surface area contributed by atoms with Gasteiger partial charge in [0, 0.05) is 6.54 Å². The molecular weight excluding hydrogens is 194 g/mol. The molecule has 15 heavy (non-hydrogen) atoms. The Morgan fingerprint density at radius 3 is 2.67 bits per heavy atom. The van der Waals surface area contributed by atoms with Crippen LogP contribution in [0.1, 0.15) is 49.3 Å². The van der Waals surface area contributed by atoms with Gasteiger partial charge in [0.25, 0.3) is 0 Å². The van der Waals surface area contributed by atoms with Crippen LogP contribution in [-0.2, 0) is 13.0 Å². The molecule has 1 aromatic rings. The van der Waals surface area contributed by atoms with Crippen LogP contribution in [0.2, 0.25) is 0 Å². The van der Waals surface area contributed by atoms with Crippen molar-refractivity contribution in [2.75, 3.05) is 0 Å². The van der Waals surface area contributed by atoms with Crippen molar-refractivity contribution in [2.24, 2.45) is 0 Å². The lowest BCUT2D eigenvalue weighted by molar-refractivity contribution is 0.0689. The molecule has 0 amide bonds. The Bertz CT molecular complexity index is 333. The lowest BCUT2D eigenvalue weighted by atomic mass is 10.2. The summed E-state index contributed by atoms with van der Waals surface area (Å²) in [7, 11) is 0. The van der Waals surface area contributed by atoms with Crippen molar-refractivity contribution < 1.29 is 9.90 Å². The Balaban J connectivity index is 2.75. The monoisotopic (exact) mass is 211 g/mol. The number of carboxylic acid groups (broad SMARTS) is 1. The van der Waals surface area contributed by atoms with E-state index in [1.807, 2.05) is 6.92 Å². The topological polar surface area (TPSA) is 68.0 Å². The van der Waals surface area contributed by atoms with E-state index >= 15 is 0 Å². The van der Waals surface area contributed by atoms with Crippen molar-refractivity contribution in [2.45, 2.75) is 46.1 Å². The van der Waals surface area contributed by atoms with Crippen LogP contribution in [0.4, 0.5) is 0 Å². The third-order valence-corrected chi connectivity index (χ3v) is 2.35. The third-order valence-electron chi connectivity index (χ3n) is 2.35.